The Balaban J connectivity index is 0.000000224. The summed E-state index contributed by atoms with van der Waals surface area (Å²) in [5.74, 6) is -2.48. The van der Waals surface area contributed by atoms with Crippen LogP contribution in [0.2, 0.25) is 0 Å². The molecule has 3 N–H and O–H groups in total. The first kappa shape index (κ1) is 15.7. The summed E-state index contributed by atoms with van der Waals surface area (Å²) in [6.45, 7) is 4.02. The van der Waals surface area contributed by atoms with Gasteiger partial charge in [0.25, 0.3) is 0 Å². The van der Waals surface area contributed by atoms with Gasteiger partial charge in [-0.3, -0.25) is 4.79 Å². The topological polar surface area (TPSA) is 78.4 Å². The van der Waals surface area contributed by atoms with Crippen molar-refractivity contribution in [2.45, 2.75) is 38.4 Å². The third-order valence-electron chi connectivity index (χ3n) is 3.43. The summed E-state index contributed by atoms with van der Waals surface area (Å²) in [4.78, 5) is 20.5. The van der Waals surface area contributed by atoms with E-state index in [4.69, 9.17) is 9.90 Å². The molecule has 1 amide bonds. The molecule has 2 aliphatic rings. The van der Waals surface area contributed by atoms with E-state index < -0.39 is 12.1 Å². The summed E-state index contributed by atoms with van der Waals surface area (Å²) in [6.07, 6.45) is -1.96. The van der Waals surface area contributed by atoms with Crippen molar-refractivity contribution in [3.8, 4) is 0 Å². The van der Waals surface area contributed by atoms with E-state index in [1.165, 1.54) is 0 Å². The van der Waals surface area contributed by atoms with Crippen LogP contribution in [0.25, 0.3) is 0 Å². The molecule has 0 aliphatic carbocycles. The predicted molar refractivity (Wildman–Crippen MR) is 60.4 cm³/mol. The van der Waals surface area contributed by atoms with Crippen LogP contribution < -0.4 is 10.6 Å². The molecule has 2 saturated heterocycles. The van der Waals surface area contributed by atoms with Crippen molar-refractivity contribution in [2.24, 2.45) is 5.41 Å². The number of hydrogen-bond donors (Lipinski definition) is 3. The highest BCUT2D eigenvalue weighted by Gasteiger charge is 2.47. The summed E-state index contributed by atoms with van der Waals surface area (Å²) < 4.78 is 31.7. The Kier molecular flexibility index (Phi) is 4.78. The van der Waals surface area contributed by atoms with Crippen LogP contribution in [-0.4, -0.2) is 42.3 Å². The Morgan fingerprint density at radius 2 is 2.11 bits per heavy atom. The van der Waals surface area contributed by atoms with Crippen molar-refractivity contribution >= 4 is 11.9 Å². The molecule has 19 heavy (non-hydrogen) atoms. The van der Waals surface area contributed by atoms with Gasteiger partial charge in [-0.1, -0.05) is 6.92 Å². The smallest absolute Gasteiger partial charge is 0.475 e. The van der Waals surface area contributed by atoms with Gasteiger partial charge in [0.1, 0.15) is 0 Å². The minimum absolute atomic E-state index is 0.0410. The molecule has 0 aromatic rings. The molecule has 0 bridgehead atoms. The third-order valence-corrected chi connectivity index (χ3v) is 3.43. The monoisotopic (exact) mass is 282 g/mol. The maximum Gasteiger partial charge on any atom is 0.490 e. The van der Waals surface area contributed by atoms with Crippen molar-refractivity contribution in [1.82, 2.24) is 10.6 Å². The molecule has 1 spiro atoms. The van der Waals surface area contributed by atoms with Crippen LogP contribution in [0.15, 0.2) is 0 Å². The second kappa shape index (κ2) is 5.77. The highest BCUT2D eigenvalue weighted by molar-refractivity contribution is 5.85. The van der Waals surface area contributed by atoms with E-state index in [0.29, 0.717) is 6.04 Å². The van der Waals surface area contributed by atoms with E-state index >= 15 is 0 Å². The van der Waals surface area contributed by atoms with Gasteiger partial charge in [0.2, 0.25) is 5.91 Å². The fourth-order valence-electron chi connectivity index (χ4n) is 2.31. The van der Waals surface area contributed by atoms with Gasteiger partial charge in [-0.05, 0) is 25.8 Å². The molecule has 5 nitrogen and oxygen atoms in total. The molecule has 0 aromatic carbocycles. The van der Waals surface area contributed by atoms with Crippen molar-refractivity contribution in [3.63, 3.8) is 0 Å². The lowest BCUT2D eigenvalue weighted by atomic mass is 9.84. The molecule has 2 heterocycles. The molecule has 0 radical (unpaired) electrons. The fraction of sp³-hybridized carbons (Fsp3) is 0.818. The third kappa shape index (κ3) is 3.82. The average molecular weight is 282 g/mol. The van der Waals surface area contributed by atoms with Crippen molar-refractivity contribution in [1.29, 1.82) is 0 Å². The summed E-state index contributed by atoms with van der Waals surface area (Å²) in [5, 5.41) is 13.5. The number of carboxylic acids is 1. The first-order valence-corrected chi connectivity index (χ1v) is 6.03. The zero-order valence-electron chi connectivity index (χ0n) is 10.5. The molecule has 2 aliphatic heterocycles. The quantitative estimate of drug-likeness (QED) is 0.667. The second-order valence-corrected chi connectivity index (χ2v) is 4.79. The molecule has 2 fully saturated rings. The molecular weight excluding hydrogens is 265 g/mol. The zero-order chi connectivity index (χ0) is 14.7. The zero-order valence-corrected chi connectivity index (χ0v) is 10.5. The Morgan fingerprint density at radius 3 is 2.42 bits per heavy atom. The number of carbonyl (C=O) groups excluding carboxylic acids is 1. The number of amides is 1. The van der Waals surface area contributed by atoms with Gasteiger partial charge in [-0.15, -0.1) is 0 Å². The normalized spacial score (nSPS) is 29.9. The van der Waals surface area contributed by atoms with E-state index in [1.54, 1.807) is 0 Å². The van der Waals surface area contributed by atoms with Crippen LogP contribution in [0.5, 0.6) is 0 Å². The lowest BCUT2D eigenvalue weighted by Gasteiger charge is -2.17. The highest BCUT2D eigenvalue weighted by Crippen LogP contribution is 2.36. The lowest BCUT2D eigenvalue weighted by molar-refractivity contribution is -0.192. The van der Waals surface area contributed by atoms with Crippen LogP contribution in [-0.2, 0) is 9.59 Å². The van der Waals surface area contributed by atoms with Gasteiger partial charge in [-0.25, -0.2) is 4.79 Å². The van der Waals surface area contributed by atoms with Gasteiger partial charge < -0.3 is 15.7 Å². The standard InChI is InChI=1S/C9H16N2O.C2HF3O2/c1-2-7-5-9(8(12)11-7)3-4-10-6-9;3-2(4,5)1(6)7/h7,10H,2-6H2,1H3,(H,11,12);(H,6,7). The number of rotatable bonds is 1. The first-order chi connectivity index (χ1) is 8.71. The molecular formula is C11H17F3N2O3. The van der Waals surface area contributed by atoms with Crippen molar-refractivity contribution < 1.29 is 27.9 Å². The number of alkyl halides is 3. The number of carbonyl (C=O) groups is 2. The Hall–Kier alpha value is -1.31. The van der Waals surface area contributed by atoms with Crippen LogP contribution in [0.4, 0.5) is 13.2 Å². The molecule has 8 heteroatoms. The van der Waals surface area contributed by atoms with E-state index in [9.17, 15) is 18.0 Å². The first-order valence-electron chi connectivity index (χ1n) is 6.03. The summed E-state index contributed by atoms with van der Waals surface area (Å²) in [5.41, 5.74) is -0.0410. The maximum atomic E-state index is 11.6. The summed E-state index contributed by atoms with van der Waals surface area (Å²) in [7, 11) is 0. The Morgan fingerprint density at radius 1 is 1.53 bits per heavy atom. The van der Waals surface area contributed by atoms with E-state index in [1.807, 2.05) is 0 Å². The van der Waals surface area contributed by atoms with Gasteiger partial charge >= 0.3 is 12.1 Å². The molecule has 2 atom stereocenters. The van der Waals surface area contributed by atoms with Gasteiger partial charge in [0.15, 0.2) is 0 Å². The van der Waals surface area contributed by atoms with Crippen LogP contribution in [0.1, 0.15) is 26.2 Å². The van der Waals surface area contributed by atoms with Crippen LogP contribution in [0, 0.1) is 5.41 Å². The number of nitrogens with one attached hydrogen (secondary N) is 2. The molecule has 0 saturated carbocycles. The van der Waals surface area contributed by atoms with Crippen LogP contribution >= 0.6 is 0 Å². The van der Waals surface area contributed by atoms with E-state index in [-0.39, 0.29) is 11.3 Å². The predicted octanol–water partition coefficient (Wildman–Crippen LogP) is 0.898. The Labute approximate surface area is 108 Å². The molecule has 2 rings (SSSR count). The van der Waals surface area contributed by atoms with E-state index in [0.717, 1.165) is 32.4 Å². The van der Waals surface area contributed by atoms with E-state index in [2.05, 4.69) is 17.6 Å². The fourth-order valence-corrected chi connectivity index (χ4v) is 2.31. The number of carboxylic acid groups (broad SMARTS) is 1. The minimum Gasteiger partial charge on any atom is -0.475 e. The SMILES string of the molecule is CCC1CC2(CCNC2)C(=O)N1.O=C(O)C(F)(F)F. The van der Waals surface area contributed by atoms with Crippen molar-refractivity contribution in [3.05, 3.63) is 0 Å². The molecule has 0 aromatic heterocycles. The van der Waals surface area contributed by atoms with Gasteiger partial charge in [-0.2, -0.15) is 13.2 Å². The average Bonchev–Trinajstić information content (AvgIpc) is 2.88. The summed E-state index contributed by atoms with van der Waals surface area (Å²) >= 11 is 0. The lowest BCUT2D eigenvalue weighted by Crippen LogP contribution is -2.33. The number of halogens is 3. The minimum atomic E-state index is -5.08. The second-order valence-electron chi connectivity index (χ2n) is 4.79. The van der Waals surface area contributed by atoms with Gasteiger partial charge in [0.05, 0.1) is 5.41 Å². The maximum absolute atomic E-state index is 11.6. The summed E-state index contributed by atoms with van der Waals surface area (Å²) in [6, 6.07) is 0.428. The van der Waals surface area contributed by atoms with Crippen LogP contribution in [0.3, 0.4) is 0 Å². The van der Waals surface area contributed by atoms with Gasteiger partial charge in [0, 0.05) is 12.6 Å². The number of hydrogen-bond acceptors (Lipinski definition) is 3. The molecule has 110 valence electrons. The molecule has 2 unspecified atom stereocenters. The largest absolute Gasteiger partial charge is 0.490 e. The Bertz CT molecular complexity index is 352. The highest BCUT2D eigenvalue weighted by atomic mass is 19.4. The number of aliphatic carboxylic acids is 1. The van der Waals surface area contributed by atoms with Crippen molar-refractivity contribution in [2.75, 3.05) is 13.1 Å².